The number of hydrogen-bond donors (Lipinski definition) is 2. The van der Waals surface area contributed by atoms with Crippen LogP contribution in [0.3, 0.4) is 0 Å². The highest BCUT2D eigenvalue weighted by Gasteiger charge is 2.15. The van der Waals surface area contributed by atoms with Gasteiger partial charge < -0.3 is 15.2 Å². The van der Waals surface area contributed by atoms with Crippen LogP contribution < -0.4 is 10.1 Å². The lowest BCUT2D eigenvalue weighted by atomic mass is 10.1. The number of aromatic carboxylic acids is 1. The number of anilines is 1. The van der Waals surface area contributed by atoms with Crippen molar-refractivity contribution >= 4 is 23.5 Å². The smallest absolute Gasteiger partial charge is 0.339 e. The van der Waals surface area contributed by atoms with Gasteiger partial charge in [-0.25, -0.2) is 4.79 Å². The molecule has 0 spiro atoms. The SMILES string of the molecule is CCCC(=O)Nc1ccc(C(=O)O)c(OC(=O)CCC)c1. The highest BCUT2D eigenvalue weighted by atomic mass is 16.5. The molecule has 0 heterocycles. The number of carboxylic acid groups (broad SMARTS) is 1. The first-order valence-corrected chi connectivity index (χ1v) is 6.85. The first-order valence-electron chi connectivity index (χ1n) is 6.85. The molecule has 1 aromatic rings. The monoisotopic (exact) mass is 293 g/mol. The number of carbonyl (C=O) groups excluding carboxylic acids is 2. The number of amides is 1. The van der Waals surface area contributed by atoms with Crippen molar-refractivity contribution in [1.29, 1.82) is 0 Å². The van der Waals surface area contributed by atoms with Gasteiger partial charge in [0, 0.05) is 24.6 Å². The third kappa shape index (κ3) is 5.25. The Balaban J connectivity index is 2.97. The fourth-order valence-corrected chi connectivity index (χ4v) is 1.69. The van der Waals surface area contributed by atoms with Crippen LogP contribution in [0.2, 0.25) is 0 Å². The predicted molar refractivity (Wildman–Crippen MR) is 77.5 cm³/mol. The van der Waals surface area contributed by atoms with Crippen molar-refractivity contribution in [3.63, 3.8) is 0 Å². The van der Waals surface area contributed by atoms with Crippen LogP contribution in [0.1, 0.15) is 49.9 Å². The summed E-state index contributed by atoms with van der Waals surface area (Å²) in [4.78, 5) is 34.2. The molecule has 0 atom stereocenters. The van der Waals surface area contributed by atoms with E-state index in [1.807, 2.05) is 13.8 Å². The predicted octanol–water partition coefficient (Wildman–Crippen LogP) is 2.83. The summed E-state index contributed by atoms with van der Waals surface area (Å²) in [5.41, 5.74) is 0.283. The Hall–Kier alpha value is -2.37. The van der Waals surface area contributed by atoms with Crippen LogP contribution in [-0.4, -0.2) is 23.0 Å². The molecule has 0 aliphatic carbocycles. The van der Waals surface area contributed by atoms with Crippen molar-refractivity contribution in [2.45, 2.75) is 39.5 Å². The fraction of sp³-hybridized carbons (Fsp3) is 0.400. The minimum absolute atomic E-state index is 0.0600. The van der Waals surface area contributed by atoms with E-state index in [-0.39, 0.29) is 23.6 Å². The molecule has 0 aliphatic heterocycles. The zero-order valence-corrected chi connectivity index (χ0v) is 12.1. The van der Waals surface area contributed by atoms with Crippen molar-refractivity contribution in [3.05, 3.63) is 23.8 Å². The second-order valence-electron chi connectivity index (χ2n) is 4.54. The van der Waals surface area contributed by atoms with Crippen LogP contribution in [0, 0.1) is 0 Å². The molecular weight excluding hydrogens is 274 g/mol. The van der Waals surface area contributed by atoms with Crippen LogP contribution in [-0.2, 0) is 9.59 Å². The summed E-state index contributed by atoms with van der Waals surface area (Å²) >= 11 is 0. The lowest BCUT2D eigenvalue weighted by Crippen LogP contribution is -2.13. The van der Waals surface area contributed by atoms with Gasteiger partial charge in [-0.3, -0.25) is 9.59 Å². The van der Waals surface area contributed by atoms with E-state index in [2.05, 4.69) is 5.32 Å². The number of benzene rings is 1. The van der Waals surface area contributed by atoms with E-state index < -0.39 is 11.9 Å². The number of carboxylic acids is 1. The average molecular weight is 293 g/mol. The van der Waals surface area contributed by atoms with Crippen molar-refractivity contribution < 1.29 is 24.2 Å². The van der Waals surface area contributed by atoms with Gasteiger partial charge in [-0.2, -0.15) is 0 Å². The van der Waals surface area contributed by atoms with Crippen LogP contribution >= 0.6 is 0 Å². The van der Waals surface area contributed by atoms with Gasteiger partial charge in [0.05, 0.1) is 0 Å². The molecule has 0 saturated heterocycles. The molecule has 6 heteroatoms. The van der Waals surface area contributed by atoms with Crippen molar-refractivity contribution in [1.82, 2.24) is 0 Å². The van der Waals surface area contributed by atoms with E-state index in [1.54, 1.807) is 0 Å². The molecule has 0 unspecified atom stereocenters. The Bertz CT molecular complexity index is 539. The Morgan fingerprint density at radius 3 is 2.38 bits per heavy atom. The summed E-state index contributed by atoms with van der Waals surface area (Å²) in [7, 11) is 0. The zero-order chi connectivity index (χ0) is 15.8. The molecule has 1 amide bonds. The third-order valence-corrected chi connectivity index (χ3v) is 2.65. The topological polar surface area (TPSA) is 92.7 Å². The van der Waals surface area contributed by atoms with Crippen LogP contribution in [0.5, 0.6) is 5.75 Å². The normalized spacial score (nSPS) is 10.0. The number of esters is 1. The summed E-state index contributed by atoms with van der Waals surface area (Å²) in [6.45, 7) is 3.70. The summed E-state index contributed by atoms with van der Waals surface area (Å²) in [5.74, 6) is -1.93. The largest absolute Gasteiger partial charge is 0.478 e. The molecule has 2 N–H and O–H groups in total. The van der Waals surface area contributed by atoms with Gasteiger partial charge in [-0.05, 0) is 25.0 Å². The van der Waals surface area contributed by atoms with Gasteiger partial charge in [0.25, 0.3) is 0 Å². The molecular formula is C15H19NO5. The van der Waals surface area contributed by atoms with E-state index in [9.17, 15) is 14.4 Å². The third-order valence-electron chi connectivity index (χ3n) is 2.65. The van der Waals surface area contributed by atoms with E-state index in [4.69, 9.17) is 9.84 Å². The van der Waals surface area contributed by atoms with Crippen LogP contribution in [0.15, 0.2) is 18.2 Å². The molecule has 0 aliphatic rings. The molecule has 1 aromatic carbocycles. The number of ether oxygens (including phenoxy) is 1. The standard InChI is InChI=1S/C15H19NO5/c1-3-5-13(17)16-10-7-8-11(15(19)20)12(9-10)21-14(18)6-4-2/h7-9H,3-6H2,1-2H3,(H,16,17)(H,19,20). The summed E-state index contributed by atoms with van der Waals surface area (Å²) < 4.78 is 5.06. The molecule has 0 aromatic heterocycles. The van der Waals surface area contributed by atoms with E-state index in [1.165, 1.54) is 18.2 Å². The van der Waals surface area contributed by atoms with Gasteiger partial charge in [-0.1, -0.05) is 13.8 Å². The first-order chi connectivity index (χ1) is 9.97. The molecule has 0 radical (unpaired) electrons. The highest BCUT2D eigenvalue weighted by Crippen LogP contribution is 2.24. The van der Waals surface area contributed by atoms with E-state index >= 15 is 0 Å². The Labute approximate surface area is 123 Å². The van der Waals surface area contributed by atoms with Gasteiger partial charge in [-0.15, -0.1) is 0 Å². The lowest BCUT2D eigenvalue weighted by molar-refractivity contribution is -0.134. The Kier molecular flexibility index (Phi) is 6.39. The minimum Gasteiger partial charge on any atom is -0.478 e. The molecule has 114 valence electrons. The second kappa shape index (κ2) is 8.04. The maximum absolute atomic E-state index is 11.5. The fourth-order valence-electron chi connectivity index (χ4n) is 1.69. The lowest BCUT2D eigenvalue weighted by Gasteiger charge is -2.10. The van der Waals surface area contributed by atoms with Crippen molar-refractivity contribution in [2.24, 2.45) is 0 Å². The first kappa shape index (κ1) is 16.7. The maximum atomic E-state index is 11.5. The number of rotatable bonds is 7. The van der Waals surface area contributed by atoms with Gasteiger partial charge in [0.2, 0.25) is 5.91 Å². The minimum atomic E-state index is -1.19. The second-order valence-corrected chi connectivity index (χ2v) is 4.54. The maximum Gasteiger partial charge on any atom is 0.339 e. The summed E-state index contributed by atoms with van der Waals surface area (Å²) in [6, 6.07) is 4.12. The molecule has 0 saturated carbocycles. The quantitative estimate of drug-likeness (QED) is 0.595. The van der Waals surface area contributed by atoms with E-state index in [0.717, 1.165) is 0 Å². The Morgan fingerprint density at radius 1 is 1.14 bits per heavy atom. The molecule has 21 heavy (non-hydrogen) atoms. The van der Waals surface area contributed by atoms with Gasteiger partial charge in [0.1, 0.15) is 11.3 Å². The summed E-state index contributed by atoms with van der Waals surface area (Å²) in [5, 5.41) is 11.7. The van der Waals surface area contributed by atoms with Crippen LogP contribution in [0.25, 0.3) is 0 Å². The van der Waals surface area contributed by atoms with Crippen molar-refractivity contribution in [3.8, 4) is 5.75 Å². The van der Waals surface area contributed by atoms with Gasteiger partial charge >= 0.3 is 11.9 Å². The average Bonchev–Trinajstić information content (AvgIpc) is 2.38. The summed E-state index contributed by atoms with van der Waals surface area (Å²) in [6.07, 6.45) is 1.88. The highest BCUT2D eigenvalue weighted by molar-refractivity contribution is 5.95. The molecule has 0 bridgehead atoms. The van der Waals surface area contributed by atoms with Gasteiger partial charge in [0.15, 0.2) is 0 Å². The molecule has 6 nitrogen and oxygen atoms in total. The molecule has 1 rings (SSSR count). The Morgan fingerprint density at radius 2 is 1.81 bits per heavy atom. The number of carbonyl (C=O) groups is 3. The van der Waals surface area contributed by atoms with Crippen LogP contribution in [0.4, 0.5) is 5.69 Å². The molecule has 0 fully saturated rings. The van der Waals surface area contributed by atoms with E-state index in [0.29, 0.717) is 24.9 Å². The number of hydrogen-bond acceptors (Lipinski definition) is 4. The zero-order valence-electron chi connectivity index (χ0n) is 12.1. The van der Waals surface area contributed by atoms with Crippen molar-refractivity contribution in [2.75, 3.05) is 5.32 Å². The number of nitrogens with one attached hydrogen (secondary N) is 1.